The lowest BCUT2D eigenvalue weighted by molar-refractivity contribution is 0.0705. The first kappa shape index (κ1) is 26.8. The fraction of sp³-hybridized carbons (Fsp3) is 0.765. The normalized spacial score (nSPS) is 8.78. The molecule has 0 aliphatic carbocycles. The first-order chi connectivity index (χ1) is 11.2. The molecule has 23 heavy (non-hydrogen) atoms. The fourth-order valence-electron chi connectivity index (χ4n) is 0.938. The van der Waals surface area contributed by atoms with Crippen LogP contribution in [0.15, 0.2) is 0 Å². The molecule has 136 valence electrons. The summed E-state index contributed by atoms with van der Waals surface area (Å²) in [6.07, 6.45) is 13.0. The number of ether oxygens (including phenoxy) is 3. The van der Waals surface area contributed by atoms with E-state index in [-0.39, 0.29) is 19.8 Å². The van der Waals surface area contributed by atoms with E-state index in [9.17, 15) is 0 Å². The van der Waals surface area contributed by atoms with E-state index in [1.54, 1.807) is 0 Å². The Morgan fingerprint density at radius 2 is 1.17 bits per heavy atom. The van der Waals surface area contributed by atoms with Gasteiger partial charge in [0.2, 0.25) is 0 Å². The van der Waals surface area contributed by atoms with E-state index >= 15 is 0 Å². The molecule has 0 aliphatic rings. The number of hydrogen-bond acceptors (Lipinski definition) is 6. The summed E-state index contributed by atoms with van der Waals surface area (Å²) < 4.78 is 15.0. The second-order valence-electron chi connectivity index (χ2n) is 4.00. The molecule has 0 saturated heterocycles. The molecular formula is C17H32O6. The van der Waals surface area contributed by atoms with E-state index in [0.29, 0.717) is 33.0 Å². The van der Waals surface area contributed by atoms with E-state index in [2.05, 4.69) is 18.8 Å². The van der Waals surface area contributed by atoms with Crippen LogP contribution in [0.1, 0.15) is 26.2 Å². The number of unbranched alkanes of at least 4 members (excludes halogenated alkanes) is 1. The second-order valence-corrected chi connectivity index (χ2v) is 4.00. The minimum Gasteiger partial charge on any atom is -0.394 e. The zero-order chi connectivity index (χ0) is 18.0. The quantitative estimate of drug-likeness (QED) is 0.355. The molecule has 0 amide bonds. The maximum Gasteiger partial charge on any atom is 0.107 e. The van der Waals surface area contributed by atoms with Crippen molar-refractivity contribution in [3.05, 3.63) is 0 Å². The van der Waals surface area contributed by atoms with Crippen molar-refractivity contribution >= 4 is 0 Å². The first-order valence-electron chi connectivity index (χ1n) is 7.67. The SMILES string of the molecule is C#CCOCCCC.C#CCOCCCOCCO.OCCO. The first-order valence-corrected chi connectivity index (χ1v) is 7.67. The van der Waals surface area contributed by atoms with Crippen molar-refractivity contribution in [2.75, 3.05) is 59.5 Å². The summed E-state index contributed by atoms with van der Waals surface area (Å²) >= 11 is 0. The third kappa shape index (κ3) is 44.9. The van der Waals surface area contributed by atoms with Gasteiger partial charge in [-0.3, -0.25) is 0 Å². The number of rotatable bonds is 12. The van der Waals surface area contributed by atoms with Crippen LogP contribution in [0.25, 0.3) is 0 Å². The van der Waals surface area contributed by atoms with Crippen LogP contribution < -0.4 is 0 Å². The molecule has 0 saturated carbocycles. The molecule has 0 aromatic rings. The van der Waals surface area contributed by atoms with Crippen molar-refractivity contribution < 1.29 is 29.5 Å². The topological polar surface area (TPSA) is 88.4 Å². The summed E-state index contributed by atoms with van der Waals surface area (Å²) in [4.78, 5) is 0. The Morgan fingerprint density at radius 1 is 0.696 bits per heavy atom. The van der Waals surface area contributed by atoms with Gasteiger partial charge in [-0.15, -0.1) is 12.8 Å². The maximum atomic E-state index is 8.32. The lowest BCUT2D eigenvalue weighted by Crippen LogP contribution is -2.04. The summed E-state index contributed by atoms with van der Waals surface area (Å²) in [6, 6.07) is 0. The lowest BCUT2D eigenvalue weighted by atomic mass is 10.4. The van der Waals surface area contributed by atoms with Crippen molar-refractivity contribution in [1.82, 2.24) is 0 Å². The van der Waals surface area contributed by atoms with Gasteiger partial charge < -0.3 is 29.5 Å². The van der Waals surface area contributed by atoms with Crippen LogP contribution in [0.5, 0.6) is 0 Å². The van der Waals surface area contributed by atoms with Gasteiger partial charge in [-0.05, 0) is 12.8 Å². The van der Waals surface area contributed by atoms with Gasteiger partial charge in [0.25, 0.3) is 0 Å². The standard InChI is InChI=1S/C8H14O3.C7H12O.C2H6O2/c1-2-5-10-6-3-7-11-8-4-9;1-3-5-7-8-6-4-2;3-1-2-4/h1,9H,3-8H2;2H,3,5-7H2,1H3;3-4H,1-2H2. The monoisotopic (exact) mass is 332 g/mol. The average molecular weight is 332 g/mol. The van der Waals surface area contributed by atoms with Crippen molar-refractivity contribution in [3.8, 4) is 24.7 Å². The van der Waals surface area contributed by atoms with Crippen LogP contribution in [-0.2, 0) is 14.2 Å². The van der Waals surface area contributed by atoms with Crippen molar-refractivity contribution in [2.24, 2.45) is 0 Å². The van der Waals surface area contributed by atoms with Crippen LogP contribution in [0, 0.1) is 24.7 Å². The number of aliphatic hydroxyl groups excluding tert-OH is 3. The van der Waals surface area contributed by atoms with E-state index in [1.807, 2.05) is 0 Å². The molecule has 0 atom stereocenters. The van der Waals surface area contributed by atoms with Gasteiger partial charge in [0, 0.05) is 13.2 Å². The molecule has 0 unspecified atom stereocenters. The minimum absolute atomic E-state index is 0.0746. The summed E-state index contributed by atoms with van der Waals surface area (Å²) in [5, 5.41) is 23.6. The molecule has 6 nitrogen and oxygen atoms in total. The maximum absolute atomic E-state index is 8.32. The molecule has 0 aliphatic heterocycles. The van der Waals surface area contributed by atoms with Gasteiger partial charge in [-0.2, -0.15) is 0 Å². The predicted octanol–water partition coefficient (Wildman–Crippen LogP) is 0.443. The zero-order valence-corrected chi connectivity index (χ0v) is 14.2. The van der Waals surface area contributed by atoms with Crippen molar-refractivity contribution in [2.45, 2.75) is 26.2 Å². The van der Waals surface area contributed by atoms with Crippen LogP contribution in [-0.4, -0.2) is 74.8 Å². The summed E-state index contributed by atoms with van der Waals surface area (Å²) in [5.41, 5.74) is 0. The highest BCUT2D eigenvalue weighted by Crippen LogP contribution is 1.85. The minimum atomic E-state index is -0.125. The fourth-order valence-corrected chi connectivity index (χ4v) is 0.938. The zero-order valence-electron chi connectivity index (χ0n) is 14.2. The smallest absolute Gasteiger partial charge is 0.107 e. The molecule has 0 aromatic carbocycles. The Balaban J connectivity index is -0.000000292. The third-order valence-corrected chi connectivity index (χ3v) is 1.93. The molecule has 0 bridgehead atoms. The number of hydrogen-bond donors (Lipinski definition) is 3. The van der Waals surface area contributed by atoms with Gasteiger partial charge in [0.1, 0.15) is 13.2 Å². The average Bonchev–Trinajstić information content (AvgIpc) is 2.59. The molecule has 0 spiro atoms. The Hall–Kier alpha value is -1.12. The summed E-state index contributed by atoms with van der Waals surface area (Å²) in [7, 11) is 0. The summed E-state index contributed by atoms with van der Waals surface area (Å²) in [6.45, 7) is 5.21. The highest BCUT2D eigenvalue weighted by atomic mass is 16.5. The van der Waals surface area contributed by atoms with E-state index in [0.717, 1.165) is 19.4 Å². The van der Waals surface area contributed by atoms with E-state index < -0.39 is 0 Å². The lowest BCUT2D eigenvalue weighted by Gasteiger charge is -2.01. The largest absolute Gasteiger partial charge is 0.394 e. The Morgan fingerprint density at radius 3 is 1.57 bits per heavy atom. The molecule has 6 heteroatoms. The van der Waals surface area contributed by atoms with E-state index in [4.69, 9.17) is 42.4 Å². The molecule has 3 N–H and O–H groups in total. The number of aliphatic hydroxyl groups is 3. The molecule has 0 aromatic heterocycles. The third-order valence-electron chi connectivity index (χ3n) is 1.93. The molecule has 0 heterocycles. The van der Waals surface area contributed by atoms with Gasteiger partial charge in [0.05, 0.1) is 33.0 Å². The Kier molecular flexibility index (Phi) is 38.1. The Labute approximate surface area is 140 Å². The number of terminal acetylenes is 2. The summed E-state index contributed by atoms with van der Waals surface area (Å²) in [5.74, 6) is 4.77. The van der Waals surface area contributed by atoms with Gasteiger partial charge in [-0.25, -0.2) is 0 Å². The van der Waals surface area contributed by atoms with Crippen LogP contribution in [0.2, 0.25) is 0 Å². The van der Waals surface area contributed by atoms with Crippen LogP contribution in [0.3, 0.4) is 0 Å². The predicted molar refractivity (Wildman–Crippen MR) is 90.9 cm³/mol. The molecule has 0 rings (SSSR count). The van der Waals surface area contributed by atoms with Gasteiger partial charge in [0.15, 0.2) is 0 Å². The highest BCUT2D eigenvalue weighted by Gasteiger charge is 1.87. The second kappa shape index (κ2) is 32.7. The van der Waals surface area contributed by atoms with Crippen LogP contribution >= 0.6 is 0 Å². The van der Waals surface area contributed by atoms with E-state index in [1.165, 1.54) is 6.42 Å². The molecular weight excluding hydrogens is 300 g/mol. The molecule has 0 fully saturated rings. The van der Waals surface area contributed by atoms with Gasteiger partial charge in [-0.1, -0.05) is 25.2 Å². The highest BCUT2D eigenvalue weighted by molar-refractivity contribution is 4.83. The van der Waals surface area contributed by atoms with Crippen molar-refractivity contribution in [1.29, 1.82) is 0 Å². The van der Waals surface area contributed by atoms with Crippen LogP contribution in [0.4, 0.5) is 0 Å². The van der Waals surface area contributed by atoms with Gasteiger partial charge >= 0.3 is 0 Å². The Bertz CT molecular complexity index is 255. The van der Waals surface area contributed by atoms with Crippen molar-refractivity contribution in [3.63, 3.8) is 0 Å². The molecule has 0 radical (unpaired) electrons.